The molecule has 0 aromatic heterocycles. The summed E-state index contributed by atoms with van der Waals surface area (Å²) in [5.74, 6) is 1.57. The predicted molar refractivity (Wildman–Crippen MR) is 83.7 cm³/mol. The third-order valence-corrected chi connectivity index (χ3v) is 3.89. The summed E-state index contributed by atoms with van der Waals surface area (Å²) in [6.07, 6.45) is 1.19. The zero-order chi connectivity index (χ0) is 14.7. The Morgan fingerprint density at radius 2 is 2.18 bits per heavy atom. The van der Waals surface area contributed by atoms with Crippen LogP contribution in [0, 0.1) is 0 Å². The molecule has 7 heteroatoms. The molecule has 2 aliphatic rings. The van der Waals surface area contributed by atoms with Crippen molar-refractivity contribution in [1.82, 2.24) is 10.6 Å². The van der Waals surface area contributed by atoms with Crippen molar-refractivity contribution in [2.24, 2.45) is 0 Å². The van der Waals surface area contributed by atoms with Gasteiger partial charge in [0.1, 0.15) is 0 Å². The monoisotopic (exact) mass is 328 g/mol. The van der Waals surface area contributed by atoms with Gasteiger partial charge in [0.05, 0.1) is 12.1 Å². The van der Waals surface area contributed by atoms with E-state index >= 15 is 0 Å². The van der Waals surface area contributed by atoms with Crippen LogP contribution in [0.3, 0.4) is 0 Å². The van der Waals surface area contributed by atoms with Crippen LogP contribution in [0.5, 0.6) is 11.5 Å². The van der Waals surface area contributed by atoms with Gasteiger partial charge in [-0.15, -0.1) is 12.4 Å². The van der Waals surface area contributed by atoms with Crippen LogP contribution in [0.1, 0.15) is 12.0 Å². The molecule has 0 radical (unpaired) electrons. The van der Waals surface area contributed by atoms with Crippen molar-refractivity contribution in [2.45, 2.75) is 25.0 Å². The normalized spacial score (nSPS) is 22.2. The maximum Gasteiger partial charge on any atom is 0.231 e. The number of methoxy groups -OCH3 is 1. The summed E-state index contributed by atoms with van der Waals surface area (Å²) in [6.45, 7) is 1.81. The number of halogens is 1. The zero-order valence-corrected chi connectivity index (χ0v) is 13.3. The molecule has 1 fully saturated rings. The van der Waals surface area contributed by atoms with Gasteiger partial charge in [-0.1, -0.05) is 6.07 Å². The van der Waals surface area contributed by atoms with Gasteiger partial charge in [0.25, 0.3) is 0 Å². The number of hydrogen-bond donors (Lipinski definition) is 2. The minimum atomic E-state index is 0. The molecule has 1 aromatic rings. The van der Waals surface area contributed by atoms with Gasteiger partial charge in [-0.2, -0.15) is 0 Å². The van der Waals surface area contributed by atoms with Crippen LogP contribution in [0.4, 0.5) is 0 Å². The molecule has 2 N–H and O–H groups in total. The van der Waals surface area contributed by atoms with Crippen molar-refractivity contribution in [2.75, 3.05) is 27.0 Å². The van der Waals surface area contributed by atoms with Crippen molar-refractivity contribution in [3.8, 4) is 11.5 Å². The summed E-state index contributed by atoms with van der Waals surface area (Å²) in [4.78, 5) is 12.0. The summed E-state index contributed by atoms with van der Waals surface area (Å²) in [5.41, 5.74) is 1.07. The van der Waals surface area contributed by atoms with Crippen LogP contribution in [-0.4, -0.2) is 45.0 Å². The van der Waals surface area contributed by atoms with Crippen LogP contribution in [-0.2, 0) is 16.0 Å². The van der Waals surface area contributed by atoms with E-state index in [1.807, 2.05) is 18.2 Å². The maximum absolute atomic E-state index is 12.0. The molecule has 1 amide bonds. The van der Waals surface area contributed by atoms with E-state index in [-0.39, 0.29) is 37.3 Å². The fourth-order valence-electron chi connectivity index (χ4n) is 2.68. The SMILES string of the molecule is CO[C@H]1CNC[C@@H]1NC(=O)CCc1ccc2c(c1)OCO2.Cl. The number of hydrogen-bond acceptors (Lipinski definition) is 5. The first-order valence-electron chi connectivity index (χ1n) is 7.17. The van der Waals surface area contributed by atoms with Crippen molar-refractivity contribution >= 4 is 18.3 Å². The van der Waals surface area contributed by atoms with Gasteiger partial charge >= 0.3 is 0 Å². The van der Waals surface area contributed by atoms with Crippen molar-refractivity contribution in [1.29, 1.82) is 0 Å². The van der Waals surface area contributed by atoms with E-state index in [0.29, 0.717) is 12.8 Å². The zero-order valence-electron chi connectivity index (χ0n) is 12.5. The Kier molecular flexibility index (Phi) is 5.88. The van der Waals surface area contributed by atoms with E-state index in [1.54, 1.807) is 7.11 Å². The molecule has 0 saturated carbocycles. The van der Waals surface area contributed by atoms with E-state index < -0.39 is 0 Å². The van der Waals surface area contributed by atoms with Crippen LogP contribution in [0.2, 0.25) is 0 Å². The molecule has 122 valence electrons. The number of benzene rings is 1. The maximum atomic E-state index is 12.0. The van der Waals surface area contributed by atoms with Crippen molar-refractivity contribution < 1.29 is 19.0 Å². The highest BCUT2D eigenvalue weighted by atomic mass is 35.5. The molecule has 0 bridgehead atoms. The number of carbonyl (C=O) groups excluding carboxylic acids is 1. The largest absolute Gasteiger partial charge is 0.454 e. The van der Waals surface area contributed by atoms with Crippen molar-refractivity contribution in [3.63, 3.8) is 0 Å². The topological polar surface area (TPSA) is 68.8 Å². The average Bonchev–Trinajstić information content (AvgIpc) is 3.12. The number of amides is 1. The Labute approximate surface area is 135 Å². The second kappa shape index (κ2) is 7.67. The van der Waals surface area contributed by atoms with Gasteiger partial charge in [-0.3, -0.25) is 4.79 Å². The Balaban J connectivity index is 0.00000176. The van der Waals surface area contributed by atoms with Crippen molar-refractivity contribution in [3.05, 3.63) is 23.8 Å². The van der Waals surface area contributed by atoms with E-state index in [9.17, 15) is 4.79 Å². The highest BCUT2D eigenvalue weighted by molar-refractivity contribution is 5.85. The predicted octanol–water partition coefficient (Wildman–Crippen LogP) is 0.873. The van der Waals surface area contributed by atoms with Crippen LogP contribution >= 0.6 is 12.4 Å². The molecule has 2 atom stereocenters. The molecule has 0 spiro atoms. The summed E-state index contributed by atoms with van der Waals surface area (Å²) < 4.78 is 15.9. The Hall–Kier alpha value is -1.50. The summed E-state index contributed by atoms with van der Waals surface area (Å²) in [5, 5.41) is 6.23. The molecule has 22 heavy (non-hydrogen) atoms. The number of carbonyl (C=O) groups is 1. The fraction of sp³-hybridized carbons (Fsp3) is 0.533. The molecule has 0 aliphatic carbocycles. The second-order valence-corrected chi connectivity index (χ2v) is 5.29. The summed E-state index contributed by atoms with van der Waals surface area (Å²) in [7, 11) is 1.67. The highest BCUT2D eigenvalue weighted by Crippen LogP contribution is 2.32. The van der Waals surface area contributed by atoms with Gasteiger partial charge in [-0.05, 0) is 24.1 Å². The average molecular weight is 329 g/mol. The number of ether oxygens (including phenoxy) is 3. The minimum Gasteiger partial charge on any atom is -0.454 e. The molecule has 1 saturated heterocycles. The van der Waals surface area contributed by atoms with Gasteiger partial charge in [-0.25, -0.2) is 0 Å². The number of rotatable bonds is 5. The van der Waals surface area contributed by atoms with Crippen LogP contribution in [0.15, 0.2) is 18.2 Å². The third-order valence-electron chi connectivity index (χ3n) is 3.89. The van der Waals surface area contributed by atoms with E-state index in [4.69, 9.17) is 14.2 Å². The van der Waals surface area contributed by atoms with Gasteiger partial charge < -0.3 is 24.8 Å². The molecular weight excluding hydrogens is 308 g/mol. The lowest BCUT2D eigenvalue weighted by Crippen LogP contribution is -2.43. The first kappa shape index (κ1) is 16.9. The molecular formula is C15H21ClN2O4. The first-order chi connectivity index (χ1) is 10.3. The Bertz CT molecular complexity index is 526. The van der Waals surface area contributed by atoms with E-state index in [0.717, 1.165) is 30.2 Å². The lowest BCUT2D eigenvalue weighted by atomic mass is 10.1. The first-order valence-corrected chi connectivity index (χ1v) is 7.17. The van der Waals surface area contributed by atoms with E-state index in [1.165, 1.54) is 0 Å². The third kappa shape index (κ3) is 3.82. The second-order valence-electron chi connectivity index (χ2n) is 5.29. The standard InChI is InChI=1S/C15H20N2O4.ClH/c1-19-14-8-16-7-11(14)17-15(18)5-3-10-2-4-12-13(6-10)21-9-20-12;/h2,4,6,11,14,16H,3,5,7-9H2,1H3,(H,17,18);1H/t11-,14-;/m0./s1. The van der Waals surface area contributed by atoms with Crippen LogP contribution < -0.4 is 20.1 Å². The lowest BCUT2D eigenvalue weighted by Gasteiger charge is -2.18. The summed E-state index contributed by atoms with van der Waals surface area (Å²) in [6, 6.07) is 5.84. The number of nitrogens with one attached hydrogen (secondary N) is 2. The lowest BCUT2D eigenvalue weighted by molar-refractivity contribution is -0.122. The summed E-state index contributed by atoms with van der Waals surface area (Å²) >= 11 is 0. The molecule has 2 aliphatic heterocycles. The number of aryl methyl sites for hydroxylation is 1. The Morgan fingerprint density at radius 3 is 3.00 bits per heavy atom. The minimum absolute atomic E-state index is 0. The molecule has 3 rings (SSSR count). The van der Waals surface area contributed by atoms with Gasteiger partial charge in [0.15, 0.2) is 11.5 Å². The Morgan fingerprint density at radius 1 is 1.36 bits per heavy atom. The molecule has 0 unspecified atom stereocenters. The van der Waals surface area contributed by atoms with E-state index in [2.05, 4.69) is 10.6 Å². The fourth-order valence-corrected chi connectivity index (χ4v) is 2.68. The molecule has 1 aromatic carbocycles. The van der Waals surface area contributed by atoms with Gasteiger partial charge in [0, 0.05) is 26.6 Å². The smallest absolute Gasteiger partial charge is 0.231 e. The van der Waals surface area contributed by atoms with Gasteiger partial charge in [0.2, 0.25) is 12.7 Å². The van der Waals surface area contributed by atoms with Crippen LogP contribution in [0.25, 0.3) is 0 Å². The molecule has 6 nitrogen and oxygen atoms in total. The molecule has 2 heterocycles. The highest BCUT2D eigenvalue weighted by Gasteiger charge is 2.27. The quantitative estimate of drug-likeness (QED) is 0.839. The number of fused-ring (bicyclic) bond motifs is 1.